The maximum Gasteiger partial charge on any atom is 0.432 e. The first-order valence-corrected chi connectivity index (χ1v) is 9.84. The molecule has 2 aromatic carbocycles. The number of carbonyl (C=O) groups is 2. The van der Waals surface area contributed by atoms with Crippen molar-refractivity contribution in [3.8, 4) is 0 Å². The smallest absolute Gasteiger partial charge is 0.297 e. The highest BCUT2D eigenvalue weighted by Crippen LogP contribution is 2.41. The molecule has 2 heterocycles. The predicted molar refractivity (Wildman–Crippen MR) is 106 cm³/mol. The van der Waals surface area contributed by atoms with Gasteiger partial charge in [0.15, 0.2) is 0 Å². The number of imide groups is 1. The number of aryl methyl sites for hydroxylation is 1. The number of amides is 2. The third-order valence-corrected chi connectivity index (χ3v) is 5.70. The van der Waals surface area contributed by atoms with Gasteiger partial charge in [0, 0.05) is 7.05 Å². The van der Waals surface area contributed by atoms with Crippen LogP contribution in [0, 0.1) is 12.7 Å². The molecule has 0 saturated carbocycles. The number of hydrogen-bond acceptors (Lipinski definition) is 4. The van der Waals surface area contributed by atoms with E-state index in [2.05, 4.69) is 0 Å². The van der Waals surface area contributed by atoms with E-state index in [1.165, 1.54) is 37.3 Å². The first-order chi connectivity index (χ1) is 15.7. The van der Waals surface area contributed by atoms with E-state index in [1.807, 2.05) is 0 Å². The molecule has 2 aliphatic heterocycles. The van der Waals surface area contributed by atoms with Crippen LogP contribution in [-0.2, 0) is 6.54 Å². The summed E-state index contributed by atoms with van der Waals surface area (Å²) in [6.45, 7) is 0.928. The van der Waals surface area contributed by atoms with Gasteiger partial charge in [0.25, 0.3) is 11.8 Å². The molecule has 34 heavy (non-hydrogen) atoms. The molecule has 0 spiro atoms. The van der Waals surface area contributed by atoms with E-state index in [9.17, 15) is 40.3 Å². The van der Waals surface area contributed by atoms with Crippen molar-refractivity contribution in [1.82, 2.24) is 10.0 Å². The molecule has 0 aromatic heterocycles. The number of anilines is 1. The molecule has 1 unspecified atom stereocenters. The number of hydrazine groups is 1. The zero-order valence-corrected chi connectivity index (χ0v) is 17.6. The summed E-state index contributed by atoms with van der Waals surface area (Å²) in [4.78, 5) is 26.1. The summed E-state index contributed by atoms with van der Waals surface area (Å²) in [5, 5.41) is 0.934. The summed E-state index contributed by atoms with van der Waals surface area (Å²) in [7, 11) is 0.905. The molecule has 1 atom stereocenters. The molecule has 2 aliphatic rings. The molecule has 0 saturated heterocycles. The van der Waals surface area contributed by atoms with Crippen LogP contribution >= 0.6 is 0 Å². The quantitative estimate of drug-likeness (QED) is 0.453. The number of hydrogen-bond donors (Lipinski definition) is 0. The van der Waals surface area contributed by atoms with E-state index in [-0.39, 0.29) is 28.5 Å². The molecule has 2 amide bonds. The molecule has 0 aliphatic carbocycles. The van der Waals surface area contributed by atoms with E-state index in [0.717, 1.165) is 18.0 Å². The lowest BCUT2D eigenvalue weighted by Crippen LogP contribution is -2.46. The number of allylic oxidation sites excluding steroid dienone is 1. The first kappa shape index (κ1) is 23.7. The van der Waals surface area contributed by atoms with Gasteiger partial charge in [-0.3, -0.25) is 14.6 Å². The van der Waals surface area contributed by atoms with Crippen LogP contribution in [0.2, 0.25) is 0 Å². The summed E-state index contributed by atoms with van der Waals surface area (Å²) >= 11 is 0. The topological polar surface area (TPSA) is 43.9 Å². The minimum atomic E-state index is -5.02. The Balaban J connectivity index is 1.64. The summed E-state index contributed by atoms with van der Waals surface area (Å²) in [5.74, 6) is -2.51. The van der Waals surface area contributed by atoms with Crippen molar-refractivity contribution in [2.45, 2.75) is 31.9 Å². The van der Waals surface area contributed by atoms with Crippen molar-refractivity contribution >= 4 is 17.5 Å². The van der Waals surface area contributed by atoms with Gasteiger partial charge in [0.05, 0.1) is 23.4 Å². The molecule has 5 nitrogen and oxygen atoms in total. The lowest BCUT2D eigenvalue weighted by Gasteiger charge is -2.34. The Morgan fingerprint density at radius 2 is 1.65 bits per heavy atom. The van der Waals surface area contributed by atoms with Gasteiger partial charge in [-0.25, -0.2) is 14.3 Å². The number of likely N-dealkylation sites (N-methyl/N-ethyl adjacent to an activating group) is 1. The Labute approximate surface area is 188 Å². The van der Waals surface area contributed by atoms with Crippen LogP contribution in [-0.4, -0.2) is 47.3 Å². The number of fused-ring (bicyclic) bond motifs is 1. The van der Waals surface area contributed by atoms with Gasteiger partial charge < -0.3 is 0 Å². The van der Waals surface area contributed by atoms with Crippen molar-refractivity contribution in [2.75, 3.05) is 11.9 Å². The Kier molecular flexibility index (Phi) is 5.46. The Hall–Kier alpha value is -3.41. The van der Waals surface area contributed by atoms with Crippen molar-refractivity contribution in [3.63, 3.8) is 0 Å². The lowest BCUT2D eigenvalue weighted by atomic mass is 10.1. The third kappa shape index (κ3) is 3.81. The maximum atomic E-state index is 14.1. The highest BCUT2D eigenvalue weighted by atomic mass is 19.4. The summed E-state index contributed by atoms with van der Waals surface area (Å²) < 4.78 is 94.0. The van der Waals surface area contributed by atoms with Gasteiger partial charge in [0.1, 0.15) is 17.6 Å². The molecule has 4 rings (SSSR count). The molecular weight excluding hydrogens is 471 g/mol. The second kappa shape index (κ2) is 7.83. The number of benzene rings is 2. The van der Waals surface area contributed by atoms with Crippen LogP contribution < -0.4 is 4.90 Å². The zero-order chi connectivity index (χ0) is 25.2. The second-order valence-electron chi connectivity index (χ2n) is 7.90. The molecule has 0 N–H and O–H groups in total. The maximum absolute atomic E-state index is 14.1. The van der Waals surface area contributed by atoms with Crippen LogP contribution in [0.25, 0.3) is 0 Å². The van der Waals surface area contributed by atoms with Gasteiger partial charge >= 0.3 is 12.4 Å². The average molecular weight is 487 g/mol. The normalized spacial score (nSPS) is 19.2. The van der Waals surface area contributed by atoms with Crippen molar-refractivity contribution < 1.29 is 40.3 Å². The number of alkyl halides is 6. The fraction of sp³-hybridized carbons (Fsp3) is 0.273. The van der Waals surface area contributed by atoms with Gasteiger partial charge in [-0.2, -0.15) is 26.3 Å². The summed E-state index contributed by atoms with van der Waals surface area (Å²) in [6.07, 6.45) is -9.82. The van der Waals surface area contributed by atoms with Crippen LogP contribution in [0.15, 0.2) is 48.2 Å². The standard InChI is InChI=1S/C22H16F7N3O2/c1-11-8-12(10-31-17(22(27,28)29)9-16(30(31)2)21(24,25)26)6-7-15(11)32-19(33)13-4-3-5-14(23)18(13)20(32)34/h3-9,16H,10H2,1-2H3. The van der Waals surface area contributed by atoms with Crippen LogP contribution in [0.1, 0.15) is 31.8 Å². The number of rotatable bonds is 3. The Morgan fingerprint density at radius 1 is 0.971 bits per heavy atom. The molecule has 2 aromatic rings. The van der Waals surface area contributed by atoms with Gasteiger partial charge in [-0.05, 0) is 42.3 Å². The zero-order valence-electron chi connectivity index (χ0n) is 17.6. The van der Waals surface area contributed by atoms with Crippen LogP contribution in [0.5, 0.6) is 0 Å². The van der Waals surface area contributed by atoms with Crippen molar-refractivity contribution in [2.24, 2.45) is 0 Å². The van der Waals surface area contributed by atoms with E-state index >= 15 is 0 Å². The highest BCUT2D eigenvalue weighted by Gasteiger charge is 2.53. The lowest BCUT2D eigenvalue weighted by molar-refractivity contribution is -0.196. The van der Waals surface area contributed by atoms with Crippen LogP contribution in [0.3, 0.4) is 0 Å². The fourth-order valence-corrected chi connectivity index (χ4v) is 4.11. The van der Waals surface area contributed by atoms with E-state index in [4.69, 9.17) is 0 Å². The average Bonchev–Trinajstić information content (AvgIpc) is 3.18. The van der Waals surface area contributed by atoms with Gasteiger partial charge in [-0.1, -0.05) is 18.2 Å². The van der Waals surface area contributed by atoms with E-state index in [1.54, 1.807) is 0 Å². The van der Waals surface area contributed by atoms with Gasteiger partial charge in [0.2, 0.25) is 0 Å². The van der Waals surface area contributed by atoms with Crippen molar-refractivity contribution in [3.05, 3.63) is 76.2 Å². The monoisotopic (exact) mass is 487 g/mol. The van der Waals surface area contributed by atoms with Crippen LogP contribution in [0.4, 0.5) is 36.4 Å². The molecule has 12 heteroatoms. The Bertz CT molecular complexity index is 1220. The minimum absolute atomic E-state index is 0.0869. The molecule has 0 fully saturated rings. The molecule has 0 radical (unpaired) electrons. The number of halogens is 7. The largest absolute Gasteiger partial charge is 0.432 e. The Morgan fingerprint density at radius 3 is 2.21 bits per heavy atom. The van der Waals surface area contributed by atoms with Gasteiger partial charge in [-0.15, -0.1) is 0 Å². The summed E-state index contributed by atoms with van der Waals surface area (Å²) in [6, 6.07) is 5.12. The predicted octanol–water partition coefficient (Wildman–Crippen LogP) is 4.97. The van der Waals surface area contributed by atoms with Crippen molar-refractivity contribution in [1.29, 1.82) is 0 Å². The molecule has 180 valence electrons. The van der Waals surface area contributed by atoms with E-state index < -0.39 is 48.3 Å². The number of carbonyl (C=O) groups excluding carboxylic acids is 2. The fourth-order valence-electron chi connectivity index (χ4n) is 4.11. The third-order valence-electron chi connectivity index (χ3n) is 5.70. The van der Waals surface area contributed by atoms with E-state index in [0.29, 0.717) is 15.6 Å². The highest BCUT2D eigenvalue weighted by molar-refractivity contribution is 6.34. The summed E-state index contributed by atoms with van der Waals surface area (Å²) in [5.41, 5.74) is -1.37. The minimum Gasteiger partial charge on any atom is -0.297 e. The second-order valence-corrected chi connectivity index (χ2v) is 7.90. The SMILES string of the molecule is Cc1cc(CN2C(C(F)(F)F)=CC(C(F)(F)F)N2C)ccc1N1C(=O)c2cccc(F)c2C1=O. The molecule has 0 bridgehead atoms. The molecular formula is C22H16F7N3O2. The number of nitrogens with zero attached hydrogens (tertiary/aromatic N) is 3. The first-order valence-electron chi connectivity index (χ1n) is 9.84.